The third-order valence-corrected chi connectivity index (χ3v) is 3.34. The van der Waals surface area contributed by atoms with Crippen LogP contribution in [0.5, 0.6) is 0 Å². The van der Waals surface area contributed by atoms with Crippen LogP contribution in [0.4, 0.5) is 0 Å². The molecular formula is C13H29NO. The number of hydrogen-bond acceptors (Lipinski definition) is 2. The van der Waals surface area contributed by atoms with E-state index in [4.69, 9.17) is 0 Å². The SMILES string of the molecule is CCCCCCCCN(C)C(C)(O)CC. The van der Waals surface area contributed by atoms with E-state index in [0.717, 1.165) is 13.0 Å². The molecule has 92 valence electrons. The lowest BCUT2D eigenvalue weighted by molar-refractivity contribution is -0.0824. The largest absolute Gasteiger partial charge is 0.376 e. The Morgan fingerprint density at radius 2 is 1.53 bits per heavy atom. The maximum atomic E-state index is 9.96. The second-order valence-electron chi connectivity index (χ2n) is 4.76. The van der Waals surface area contributed by atoms with Crippen molar-refractivity contribution >= 4 is 0 Å². The van der Waals surface area contributed by atoms with E-state index in [1.165, 1.54) is 38.5 Å². The molecule has 0 aliphatic carbocycles. The molecule has 0 amide bonds. The summed E-state index contributed by atoms with van der Waals surface area (Å²) in [5.41, 5.74) is -0.622. The zero-order valence-corrected chi connectivity index (χ0v) is 11.1. The van der Waals surface area contributed by atoms with Crippen LogP contribution in [0.2, 0.25) is 0 Å². The molecule has 2 heteroatoms. The first kappa shape index (κ1) is 14.9. The summed E-state index contributed by atoms with van der Waals surface area (Å²) in [5.74, 6) is 0. The number of hydrogen-bond donors (Lipinski definition) is 1. The van der Waals surface area contributed by atoms with Crippen LogP contribution in [0.15, 0.2) is 0 Å². The average Bonchev–Trinajstić information content (AvgIpc) is 2.22. The van der Waals surface area contributed by atoms with Crippen LogP contribution >= 0.6 is 0 Å². The summed E-state index contributed by atoms with van der Waals surface area (Å²) in [4.78, 5) is 2.06. The fourth-order valence-corrected chi connectivity index (χ4v) is 1.64. The molecular weight excluding hydrogens is 186 g/mol. The maximum absolute atomic E-state index is 9.96. The van der Waals surface area contributed by atoms with Gasteiger partial charge in [0.15, 0.2) is 0 Å². The van der Waals surface area contributed by atoms with Crippen molar-refractivity contribution in [2.45, 2.75) is 71.4 Å². The van der Waals surface area contributed by atoms with Crippen molar-refractivity contribution in [3.8, 4) is 0 Å². The van der Waals surface area contributed by atoms with Crippen molar-refractivity contribution in [3.63, 3.8) is 0 Å². The van der Waals surface area contributed by atoms with E-state index in [2.05, 4.69) is 11.8 Å². The van der Waals surface area contributed by atoms with Gasteiger partial charge >= 0.3 is 0 Å². The maximum Gasteiger partial charge on any atom is 0.115 e. The normalized spacial score (nSPS) is 15.6. The molecule has 0 heterocycles. The van der Waals surface area contributed by atoms with E-state index in [1.54, 1.807) is 0 Å². The highest BCUT2D eigenvalue weighted by Gasteiger charge is 2.22. The fraction of sp³-hybridized carbons (Fsp3) is 1.00. The number of aliphatic hydroxyl groups is 1. The summed E-state index contributed by atoms with van der Waals surface area (Å²) in [7, 11) is 2.01. The van der Waals surface area contributed by atoms with Crippen LogP contribution in [0, 0.1) is 0 Å². The topological polar surface area (TPSA) is 23.5 Å². The van der Waals surface area contributed by atoms with Crippen LogP contribution in [0.1, 0.15) is 65.7 Å². The van der Waals surface area contributed by atoms with Crippen LogP contribution in [0.3, 0.4) is 0 Å². The molecule has 1 atom stereocenters. The van der Waals surface area contributed by atoms with Crippen molar-refractivity contribution < 1.29 is 5.11 Å². The van der Waals surface area contributed by atoms with E-state index in [0.29, 0.717) is 0 Å². The van der Waals surface area contributed by atoms with Gasteiger partial charge in [-0.1, -0.05) is 46.0 Å². The van der Waals surface area contributed by atoms with E-state index >= 15 is 0 Å². The molecule has 0 saturated carbocycles. The number of nitrogens with zero attached hydrogens (tertiary/aromatic N) is 1. The molecule has 0 aromatic heterocycles. The van der Waals surface area contributed by atoms with Gasteiger partial charge in [-0.05, 0) is 26.8 Å². The Hall–Kier alpha value is -0.0800. The molecule has 0 rings (SSSR count). The molecule has 15 heavy (non-hydrogen) atoms. The summed E-state index contributed by atoms with van der Waals surface area (Å²) >= 11 is 0. The summed E-state index contributed by atoms with van der Waals surface area (Å²) in [5, 5.41) is 9.96. The highest BCUT2D eigenvalue weighted by Crippen LogP contribution is 2.14. The Balaban J connectivity index is 3.43. The van der Waals surface area contributed by atoms with E-state index in [-0.39, 0.29) is 0 Å². The lowest BCUT2D eigenvalue weighted by Gasteiger charge is -2.33. The van der Waals surface area contributed by atoms with Crippen molar-refractivity contribution in [3.05, 3.63) is 0 Å². The number of unbranched alkanes of at least 4 members (excludes halogenated alkanes) is 5. The first-order valence-corrected chi connectivity index (χ1v) is 6.48. The summed E-state index contributed by atoms with van der Waals surface area (Å²) in [6, 6.07) is 0. The van der Waals surface area contributed by atoms with Gasteiger partial charge in [0.2, 0.25) is 0 Å². The predicted molar refractivity (Wildman–Crippen MR) is 66.9 cm³/mol. The third kappa shape index (κ3) is 6.91. The van der Waals surface area contributed by atoms with Gasteiger partial charge in [-0.3, -0.25) is 4.90 Å². The summed E-state index contributed by atoms with van der Waals surface area (Å²) < 4.78 is 0. The van der Waals surface area contributed by atoms with Crippen molar-refractivity contribution in [2.24, 2.45) is 0 Å². The third-order valence-electron chi connectivity index (χ3n) is 3.34. The molecule has 1 N–H and O–H groups in total. The summed E-state index contributed by atoms with van der Waals surface area (Å²) in [6.07, 6.45) is 8.67. The van der Waals surface area contributed by atoms with Gasteiger partial charge < -0.3 is 5.11 Å². The Morgan fingerprint density at radius 1 is 1.00 bits per heavy atom. The van der Waals surface area contributed by atoms with E-state index < -0.39 is 5.72 Å². The summed E-state index contributed by atoms with van der Waals surface area (Å²) in [6.45, 7) is 7.17. The first-order chi connectivity index (χ1) is 7.04. The van der Waals surface area contributed by atoms with E-state index in [9.17, 15) is 5.11 Å². The molecule has 0 saturated heterocycles. The number of rotatable bonds is 9. The van der Waals surface area contributed by atoms with E-state index in [1.807, 2.05) is 20.9 Å². The molecule has 1 unspecified atom stereocenters. The Labute approximate surface area is 95.7 Å². The lowest BCUT2D eigenvalue weighted by atomic mass is 10.1. The highest BCUT2D eigenvalue weighted by molar-refractivity contribution is 4.69. The van der Waals surface area contributed by atoms with Gasteiger partial charge in [0.05, 0.1) is 0 Å². The highest BCUT2D eigenvalue weighted by atomic mass is 16.3. The molecule has 2 nitrogen and oxygen atoms in total. The van der Waals surface area contributed by atoms with Gasteiger partial charge in [0.1, 0.15) is 5.72 Å². The van der Waals surface area contributed by atoms with Gasteiger partial charge in [-0.25, -0.2) is 0 Å². The fourth-order valence-electron chi connectivity index (χ4n) is 1.64. The van der Waals surface area contributed by atoms with Crippen LogP contribution in [0.25, 0.3) is 0 Å². The Bertz CT molecular complexity index is 145. The van der Waals surface area contributed by atoms with Crippen LogP contribution in [-0.2, 0) is 0 Å². The predicted octanol–water partition coefficient (Wildman–Crippen LogP) is 3.40. The van der Waals surface area contributed by atoms with Crippen molar-refractivity contribution in [2.75, 3.05) is 13.6 Å². The van der Waals surface area contributed by atoms with Gasteiger partial charge in [-0.15, -0.1) is 0 Å². The molecule has 0 radical (unpaired) electrons. The van der Waals surface area contributed by atoms with Gasteiger partial charge in [-0.2, -0.15) is 0 Å². The minimum Gasteiger partial charge on any atom is -0.376 e. The second-order valence-corrected chi connectivity index (χ2v) is 4.76. The standard InChI is InChI=1S/C13H29NO/c1-5-7-8-9-10-11-12-14(4)13(3,15)6-2/h15H,5-12H2,1-4H3. The lowest BCUT2D eigenvalue weighted by Crippen LogP contribution is -2.43. The van der Waals surface area contributed by atoms with Crippen LogP contribution < -0.4 is 0 Å². The van der Waals surface area contributed by atoms with Gasteiger partial charge in [0, 0.05) is 6.54 Å². The minimum absolute atomic E-state index is 0.622. The molecule has 0 aliphatic rings. The zero-order chi connectivity index (χ0) is 11.7. The first-order valence-electron chi connectivity index (χ1n) is 6.48. The monoisotopic (exact) mass is 215 g/mol. The van der Waals surface area contributed by atoms with Crippen molar-refractivity contribution in [1.29, 1.82) is 0 Å². The minimum atomic E-state index is -0.622. The quantitative estimate of drug-likeness (QED) is 0.471. The average molecular weight is 215 g/mol. The molecule has 0 aromatic rings. The molecule has 0 fully saturated rings. The second kappa shape index (κ2) is 8.12. The van der Waals surface area contributed by atoms with Crippen LogP contribution in [-0.4, -0.2) is 29.3 Å². The molecule has 0 bridgehead atoms. The smallest absolute Gasteiger partial charge is 0.115 e. The molecule has 0 aromatic carbocycles. The Morgan fingerprint density at radius 3 is 2.07 bits per heavy atom. The van der Waals surface area contributed by atoms with Crippen molar-refractivity contribution in [1.82, 2.24) is 4.90 Å². The van der Waals surface area contributed by atoms with Gasteiger partial charge in [0.25, 0.3) is 0 Å². The molecule has 0 spiro atoms. The zero-order valence-electron chi connectivity index (χ0n) is 11.1. The molecule has 0 aliphatic heterocycles. The Kier molecular flexibility index (Phi) is 8.07.